The van der Waals surface area contributed by atoms with Gasteiger partial charge in [0, 0.05) is 17.6 Å². The van der Waals surface area contributed by atoms with Crippen LogP contribution in [0.2, 0.25) is 0 Å². The van der Waals surface area contributed by atoms with E-state index in [1.807, 2.05) is 54.1 Å². The van der Waals surface area contributed by atoms with E-state index in [4.69, 9.17) is 0 Å². The summed E-state index contributed by atoms with van der Waals surface area (Å²) in [6.45, 7) is 3.48. The van der Waals surface area contributed by atoms with Crippen molar-refractivity contribution in [2.75, 3.05) is 7.11 Å². The summed E-state index contributed by atoms with van der Waals surface area (Å²) in [4.78, 5) is 37.7. The van der Waals surface area contributed by atoms with Crippen molar-refractivity contribution in [3.8, 4) is 5.69 Å². The third kappa shape index (κ3) is 3.30. The van der Waals surface area contributed by atoms with Gasteiger partial charge in [0.25, 0.3) is 11.1 Å². The van der Waals surface area contributed by atoms with Gasteiger partial charge >= 0.3 is 5.97 Å². The summed E-state index contributed by atoms with van der Waals surface area (Å²) in [7, 11) is 1.22. The molecule has 0 N–H and O–H groups in total. The van der Waals surface area contributed by atoms with Crippen LogP contribution in [0.4, 0.5) is 4.79 Å². The van der Waals surface area contributed by atoms with E-state index in [-0.39, 0.29) is 4.91 Å². The third-order valence-corrected chi connectivity index (χ3v) is 4.98. The second-order valence-electron chi connectivity index (χ2n) is 5.89. The van der Waals surface area contributed by atoms with Gasteiger partial charge in [-0.25, -0.2) is 4.79 Å². The van der Waals surface area contributed by atoms with E-state index in [1.165, 1.54) is 14.0 Å². The van der Waals surface area contributed by atoms with E-state index in [9.17, 15) is 14.4 Å². The van der Waals surface area contributed by atoms with Gasteiger partial charge in [-0.15, -0.1) is 0 Å². The molecule has 7 heteroatoms. The molecule has 1 aliphatic rings. The molecule has 1 saturated heterocycles. The lowest BCUT2D eigenvalue weighted by Crippen LogP contribution is -2.42. The van der Waals surface area contributed by atoms with Crippen LogP contribution in [-0.4, -0.2) is 39.7 Å². The van der Waals surface area contributed by atoms with Gasteiger partial charge in [0.05, 0.1) is 12.0 Å². The zero-order valence-corrected chi connectivity index (χ0v) is 15.4. The molecule has 0 bridgehead atoms. The van der Waals surface area contributed by atoms with E-state index >= 15 is 0 Å². The number of hydrogen-bond acceptors (Lipinski definition) is 5. The predicted octanol–water partition coefficient (Wildman–Crippen LogP) is 3.38. The van der Waals surface area contributed by atoms with Crippen molar-refractivity contribution in [3.63, 3.8) is 0 Å². The maximum atomic E-state index is 12.6. The molecule has 26 heavy (non-hydrogen) atoms. The van der Waals surface area contributed by atoms with Gasteiger partial charge in [-0.1, -0.05) is 12.1 Å². The van der Waals surface area contributed by atoms with Gasteiger partial charge in [-0.2, -0.15) is 0 Å². The molecular formula is C19H18N2O4S. The largest absolute Gasteiger partial charge is 0.467 e. The number of methoxy groups -OCH3 is 1. The summed E-state index contributed by atoms with van der Waals surface area (Å²) in [5.74, 6) is -1.12. The lowest BCUT2D eigenvalue weighted by atomic mass is 10.2. The summed E-state index contributed by atoms with van der Waals surface area (Å²) in [6, 6.07) is 10.7. The highest BCUT2D eigenvalue weighted by atomic mass is 32.2. The Morgan fingerprint density at radius 3 is 2.69 bits per heavy atom. The topological polar surface area (TPSA) is 68.6 Å². The fraction of sp³-hybridized carbons (Fsp3) is 0.211. The number of imide groups is 1. The SMILES string of the molecule is COC(=O)[C@@H](C)N1C(=O)S/C(=C/c2cccn2-c2cccc(C)c2)C1=O. The Bertz CT molecular complexity index is 916. The predicted molar refractivity (Wildman–Crippen MR) is 99.8 cm³/mol. The molecule has 2 amide bonds. The van der Waals surface area contributed by atoms with Crippen LogP contribution in [0.3, 0.4) is 0 Å². The number of thioether (sulfide) groups is 1. The molecule has 1 aromatic carbocycles. The number of hydrogen-bond donors (Lipinski definition) is 0. The molecule has 0 radical (unpaired) electrons. The Hall–Kier alpha value is -2.80. The fourth-order valence-electron chi connectivity index (χ4n) is 2.75. The molecule has 1 aromatic heterocycles. The van der Waals surface area contributed by atoms with Crippen molar-refractivity contribution < 1.29 is 19.1 Å². The molecule has 3 rings (SSSR count). The molecule has 0 spiro atoms. The zero-order chi connectivity index (χ0) is 18.8. The normalized spacial score (nSPS) is 17.0. The second kappa shape index (κ2) is 7.21. The van der Waals surface area contributed by atoms with Crippen LogP contribution in [0.1, 0.15) is 18.2 Å². The monoisotopic (exact) mass is 370 g/mol. The van der Waals surface area contributed by atoms with Crippen LogP contribution in [-0.2, 0) is 14.3 Å². The fourth-order valence-corrected chi connectivity index (χ4v) is 3.64. The van der Waals surface area contributed by atoms with Crippen molar-refractivity contribution in [1.82, 2.24) is 9.47 Å². The first-order chi connectivity index (χ1) is 12.4. The summed E-state index contributed by atoms with van der Waals surface area (Å²) < 4.78 is 6.57. The van der Waals surface area contributed by atoms with Crippen LogP contribution < -0.4 is 0 Å². The molecule has 0 unspecified atom stereocenters. The van der Waals surface area contributed by atoms with E-state index in [0.29, 0.717) is 0 Å². The van der Waals surface area contributed by atoms with Gasteiger partial charge in [0.1, 0.15) is 6.04 Å². The number of amides is 2. The molecule has 1 aliphatic heterocycles. The van der Waals surface area contributed by atoms with E-state index in [2.05, 4.69) is 4.74 Å². The van der Waals surface area contributed by atoms with Gasteiger partial charge < -0.3 is 9.30 Å². The number of esters is 1. The van der Waals surface area contributed by atoms with Crippen molar-refractivity contribution in [3.05, 3.63) is 58.8 Å². The second-order valence-corrected chi connectivity index (χ2v) is 6.89. The number of carbonyl (C=O) groups is 3. The minimum absolute atomic E-state index is 0.276. The Morgan fingerprint density at radius 1 is 1.23 bits per heavy atom. The summed E-state index contributed by atoms with van der Waals surface area (Å²) in [5, 5.41) is -0.479. The molecule has 0 saturated carbocycles. The van der Waals surface area contributed by atoms with Gasteiger partial charge in [0.2, 0.25) is 0 Å². The lowest BCUT2D eigenvalue weighted by Gasteiger charge is -2.18. The number of rotatable bonds is 4. The number of benzene rings is 1. The molecule has 134 valence electrons. The summed E-state index contributed by atoms with van der Waals surface area (Å²) in [5.41, 5.74) is 2.85. The zero-order valence-electron chi connectivity index (χ0n) is 14.6. The van der Waals surface area contributed by atoms with Gasteiger partial charge in [0.15, 0.2) is 0 Å². The Balaban J connectivity index is 1.93. The quantitative estimate of drug-likeness (QED) is 0.610. The van der Waals surface area contributed by atoms with Crippen molar-refractivity contribution in [1.29, 1.82) is 0 Å². The maximum absolute atomic E-state index is 12.6. The van der Waals surface area contributed by atoms with E-state index < -0.39 is 23.2 Å². The molecule has 1 fully saturated rings. The maximum Gasteiger partial charge on any atom is 0.328 e. The van der Waals surface area contributed by atoms with Crippen LogP contribution in [0.25, 0.3) is 11.8 Å². The summed E-state index contributed by atoms with van der Waals surface area (Å²) >= 11 is 0.821. The highest BCUT2D eigenvalue weighted by Gasteiger charge is 2.41. The Kier molecular flexibility index (Phi) is 4.99. The van der Waals surface area contributed by atoms with Crippen LogP contribution in [0.15, 0.2) is 47.5 Å². The minimum Gasteiger partial charge on any atom is -0.467 e. The highest BCUT2D eigenvalue weighted by molar-refractivity contribution is 8.18. The molecule has 6 nitrogen and oxygen atoms in total. The number of aryl methyl sites for hydroxylation is 1. The molecular weight excluding hydrogens is 352 g/mol. The van der Waals surface area contributed by atoms with Crippen LogP contribution >= 0.6 is 11.8 Å². The van der Waals surface area contributed by atoms with E-state index in [0.717, 1.165) is 33.6 Å². The molecule has 2 aromatic rings. The average molecular weight is 370 g/mol. The van der Waals surface area contributed by atoms with E-state index in [1.54, 1.807) is 6.08 Å². The first kappa shape index (κ1) is 18.0. The van der Waals surface area contributed by atoms with Crippen LogP contribution in [0, 0.1) is 6.92 Å². The first-order valence-electron chi connectivity index (χ1n) is 8.01. The van der Waals surface area contributed by atoms with Crippen LogP contribution in [0.5, 0.6) is 0 Å². The molecule has 2 heterocycles. The highest BCUT2D eigenvalue weighted by Crippen LogP contribution is 2.34. The molecule has 0 aliphatic carbocycles. The lowest BCUT2D eigenvalue weighted by molar-refractivity contribution is -0.148. The number of aromatic nitrogens is 1. The summed E-state index contributed by atoms with van der Waals surface area (Å²) in [6.07, 6.45) is 3.55. The molecule has 1 atom stereocenters. The van der Waals surface area contributed by atoms with Gasteiger partial charge in [-0.05, 0) is 61.5 Å². The number of carbonyl (C=O) groups excluding carboxylic acids is 3. The Morgan fingerprint density at radius 2 is 2.00 bits per heavy atom. The third-order valence-electron chi connectivity index (χ3n) is 4.09. The van der Waals surface area contributed by atoms with Gasteiger partial charge in [-0.3, -0.25) is 14.5 Å². The average Bonchev–Trinajstić information content (AvgIpc) is 3.18. The first-order valence-corrected chi connectivity index (χ1v) is 8.83. The number of nitrogens with zero attached hydrogens (tertiary/aromatic N) is 2. The Labute approximate surface area is 155 Å². The minimum atomic E-state index is -0.957. The van der Waals surface area contributed by atoms with Crippen molar-refractivity contribution in [2.45, 2.75) is 19.9 Å². The number of ether oxygens (including phenoxy) is 1. The van der Waals surface area contributed by atoms with Crippen molar-refractivity contribution >= 4 is 35.0 Å². The van der Waals surface area contributed by atoms with Crippen molar-refractivity contribution in [2.24, 2.45) is 0 Å². The standard InChI is InChI=1S/C19H18N2O4S/c1-12-6-4-7-14(10-12)20-9-5-8-15(20)11-16-17(22)21(19(24)26-16)13(2)18(23)25-3/h4-11,13H,1-3H3/b16-11+/t13-/m1/s1. The smallest absolute Gasteiger partial charge is 0.328 e.